The van der Waals surface area contributed by atoms with Gasteiger partial charge in [-0.05, 0) is 68.8 Å². The number of aryl methyl sites for hydroxylation is 1. The van der Waals surface area contributed by atoms with Crippen LogP contribution in [0.1, 0.15) is 42.2 Å². The molecule has 2 heterocycles. The highest BCUT2D eigenvalue weighted by atomic mass is 32.2. The highest BCUT2D eigenvalue weighted by Gasteiger charge is 2.30. The van der Waals surface area contributed by atoms with Crippen molar-refractivity contribution in [2.45, 2.75) is 26.3 Å². The maximum atomic E-state index is 12.6. The van der Waals surface area contributed by atoms with Gasteiger partial charge in [-0.15, -0.1) is 10.2 Å². The number of hydrogen-bond donors (Lipinski definition) is 2. The summed E-state index contributed by atoms with van der Waals surface area (Å²) in [5.74, 6) is 2.70. The molecule has 0 radical (unpaired) electrons. The Morgan fingerprint density at radius 1 is 1.11 bits per heavy atom. The Morgan fingerprint density at radius 2 is 1.83 bits per heavy atom. The van der Waals surface area contributed by atoms with E-state index in [1.807, 2.05) is 60.9 Å². The van der Waals surface area contributed by atoms with Crippen LogP contribution in [0.5, 0.6) is 11.5 Å². The highest BCUT2D eigenvalue weighted by molar-refractivity contribution is 8.01. The fourth-order valence-corrected chi connectivity index (χ4v) is 4.41. The molecule has 4 rings (SSSR count). The average molecular weight is 498 g/mol. The van der Waals surface area contributed by atoms with Crippen LogP contribution < -0.4 is 14.8 Å². The third-order valence-electron chi connectivity index (χ3n) is 5.56. The number of carbonyl (C=O) groups is 1. The second-order valence-electron chi connectivity index (χ2n) is 8.85. The lowest BCUT2D eigenvalue weighted by Gasteiger charge is -2.15. The van der Waals surface area contributed by atoms with Gasteiger partial charge in [0.1, 0.15) is 29.3 Å². The molecule has 0 aliphatic carbocycles. The highest BCUT2D eigenvalue weighted by Crippen LogP contribution is 2.34. The van der Waals surface area contributed by atoms with Crippen molar-refractivity contribution in [3.63, 3.8) is 0 Å². The van der Waals surface area contributed by atoms with E-state index in [2.05, 4.69) is 15.5 Å². The predicted molar refractivity (Wildman–Crippen MR) is 138 cm³/mol. The zero-order valence-corrected chi connectivity index (χ0v) is 21.5. The second kappa shape index (κ2) is 9.99. The van der Waals surface area contributed by atoms with Gasteiger partial charge in [-0.1, -0.05) is 9.93 Å². The summed E-state index contributed by atoms with van der Waals surface area (Å²) in [6.07, 6.45) is 3.53. The number of hydrogen-bond acceptors (Lipinski definition) is 7. The number of methoxy groups -OCH3 is 1. The van der Waals surface area contributed by atoms with Gasteiger partial charge in [0.25, 0.3) is 0 Å². The monoisotopic (exact) mass is 497 g/mol. The summed E-state index contributed by atoms with van der Waals surface area (Å²) in [4.78, 5) is 17.6. The smallest absolute Gasteiger partial charge is 0.222 e. The maximum Gasteiger partial charge on any atom is 0.222 e. The lowest BCUT2D eigenvalue weighted by Crippen LogP contribution is -2.25. The van der Waals surface area contributed by atoms with Crippen molar-refractivity contribution in [1.29, 1.82) is 0 Å². The largest absolute Gasteiger partial charge is 0.497 e. The predicted octanol–water partition coefficient (Wildman–Crippen LogP) is 2.62. The molecule has 1 aliphatic rings. The second-order valence-corrected chi connectivity index (χ2v) is 12.3. The van der Waals surface area contributed by atoms with Crippen molar-refractivity contribution in [2.75, 3.05) is 32.1 Å². The molecule has 0 bridgehead atoms. The summed E-state index contributed by atoms with van der Waals surface area (Å²) in [6, 6.07) is 12.7. The SMILES string of the molecule is CCNC(=O)C[C@@H]1N=C(c2ccc(OC[SH](C)(C)=O)cc2)c2cc(OC)ccc2-n2c(C)nnc21. The van der Waals surface area contributed by atoms with E-state index in [-0.39, 0.29) is 18.3 Å². The molecule has 0 spiro atoms. The lowest BCUT2D eigenvalue weighted by atomic mass is 9.99. The minimum atomic E-state index is -2.30. The first-order chi connectivity index (χ1) is 16.7. The summed E-state index contributed by atoms with van der Waals surface area (Å²) in [6.45, 7) is 4.30. The Morgan fingerprint density at radius 3 is 2.49 bits per heavy atom. The van der Waals surface area contributed by atoms with Crippen molar-refractivity contribution in [3.8, 4) is 17.2 Å². The molecule has 0 fully saturated rings. The van der Waals surface area contributed by atoms with Crippen LogP contribution >= 0.6 is 0 Å². The first kappa shape index (κ1) is 24.6. The maximum absolute atomic E-state index is 12.6. The Bertz CT molecular complexity index is 1310. The number of nitrogens with one attached hydrogen (secondary N) is 1. The van der Waals surface area contributed by atoms with E-state index in [0.29, 0.717) is 35.4 Å². The van der Waals surface area contributed by atoms with E-state index in [9.17, 15) is 9.00 Å². The number of benzene rings is 2. The number of amides is 1. The standard InChI is InChI=1S/C25H31N5O4S/c1-6-26-23(31)14-21-25-29-28-16(2)30(25)22-12-11-19(33-3)13-20(22)24(27-21)17-7-9-18(10-8-17)34-15-35(4,5)32/h7-13,21,35H,6,14-15H2,1-5H3,(H,26,31)/t21-/m0/s1. The molecule has 10 heteroatoms. The van der Waals surface area contributed by atoms with Crippen molar-refractivity contribution in [3.05, 3.63) is 65.2 Å². The Balaban J connectivity index is 1.83. The van der Waals surface area contributed by atoms with Gasteiger partial charge in [0.2, 0.25) is 5.91 Å². The van der Waals surface area contributed by atoms with Gasteiger partial charge in [0.15, 0.2) is 5.82 Å². The Hall–Kier alpha value is -3.53. The van der Waals surface area contributed by atoms with Crippen molar-refractivity contribution in [2.24, 2.45) is 4.99 Å². The molecule has 9 nitrogen and oxygen atoms in total. The van der Waals surface area contributed by atoms with Gasteiger partial charge in [0, 0.05) is 17.7 Å². The summed E-state index contributed by atoms with van der Waals surface area (Å²) in [7, 11) is -0.680. The molecular weight excluding hydrogens is 466 g/mol. The van der Waals surface area contributed by atoms with E-state index >= 15 is 0 Å². The molecule has 2 aromatic carbocycles. The van der Waals surface area contributed by atoms with Crippen LogP contribution in [-0.4, -0.2) is 62.7 Å². The molecule has 3 aromatic rings. The molecule has 0 saturated carbocycles. The molecule has 1 aliphatic heterocycles. The number of rotatable bonds is 8. The van der Waals surface area contributed by atoms with Crippen LogP contribution in [-0.2, 0) is 14.7 Å². The van der Waals surface area contributed by atoms with Crippen LogP contribution in [0.15, 0.2) is 47.5 Å². The minimum Gasteiger partial charge on any atom is -0.497 e. The number of thiol groups is 1. The number of carbonyl (C=O) groups excluding carboxylic acids is 1. The molecule has 1 atom stereocenters. The van der Waals surface area contributed by atoms with E-state index < -0.39 is 16.0 Å². The van der Waals surface area contributed by atoms with Gasteiger partial charge in [-0.2, -0.15) is 0 Å². The number of nitrogens with zero attached hydrogens (tertiary/aromatic N) is 4. The van der Waals surface area contributed by atoms with Crippen molar-refractivity contribution >= 4 is 21.6 Å². The summed E-state index contributed by atoms with van der Waals surface area (Å²) < 4.78 is 25.2. The summed E-state index contributed by atoms with van der Waals surface area (Å²) in [5, 5.41) is 11.5. The van der Waals surface area contributed by atoms with E-state index in [1.165, 1.54) is 0 Å². The lowest BCUT2D eigenvalue weighted by molar-refractivity contribution is -0.121. The molecule has 1 amide bonds. The zero-order chi connectivity index (χ0) is 25.2. The van der Waals surface area contributed by atoms with E-state index in [1.54, 1.807) is 19.6 Å². The molecule has 1 aromatic heterocycles. The van der Waals surface area contributed by atoms with Crippen LogP contribution in [0.4, 0.5) is 0 Å². The van der Waals surface area contributed by atoms with Crippen molar-refractivity contribution < 1.29 is 18.5 Å². The van der Waals surface area contributed by atoms with Crippen LogP contribution in [0, 0.1) is 6.92 Å². The van der Waals surface area contributed by atoms with Crippen molar-refractivity contribution in [1.82, 2.24) is 20.1 Å². The first-order valence-electron chi connectivity index (χ1n) is 11.4. The fourth-order valence-electron chi connectivity index (χ4n) is 3.95. The van der Waals surface area contributed by atoms with Crippen LogP contribution in [0.3, 0.4) is 0 Å². The topological polar surface area (TPSA) is 108 Å². The normalized spacial score (nSPS) is 15.3. The Kier molecular flexibility index (Phi) is 7.02. The third-order valence-corrected chi connectivity index (χ3v) is 6.31. The Labute approximate surface area is 206 Å². The van der Waals surface area contributed by atoms with Gasteiger partial charge in [0.05, 0.1) is 24.9 Å². The molecule has 1 N–H and O–H groups in total. The first-order valence-corrected chi connectivity index (χ1v) is 14.2. The summed E-state index contributed by atoms with van der Waals surface area (Å²) >= 11 is 0. The molecule has 0 unspecified atom stereocenters. The van der Waals surface area contributed by atoms with Gasteiger partial charge in [-0.3, -0.25) is 18.6 Å². The van der Waals surface area contributed by atoms with Gasteiger partial charge < -0.3 is 14.8 Å². The van der Waals surface area contributed by atoms with Crippen LogP contribution in [0.25, 0.3) is 5.69 Å². The molecular formula is C25H31N5O4S. The third kappa shape index (κ3) is 5.43. The molecule has 186 valence electrons. The number of aromatic nitrogens is 3. The van der Waals surface area contributed by atoms with Gasteiger partial charge >= 0.3 is 0 Å². The van der Waals surface area contributed by atoms with Gasteiger partial charge in [-0.25, -0.2) is 0 Å². The fraction of sp³-hybridized carbons (Fsp3) is 0.360. The quantitative estimate of drug-likeness (QED) is 0.463. The molecule has 35 heavy (non-hydrogen) atoms. The van der Waals surface area contributed by atoms with E-state index in [0.717, 1.165) is 16.8 Å². The van der Waals surface area contributed by atoms with E-state index in [4.69, 9.17) is 14.5 Å². The number of fused-ring (bicyclic) bond motifs is 3. The number of aliphatic imine (C=N–C) groups is 1. The number of ether oxygens (including phenoxy) is 2. The molecule has 0 saturated heterocycles. The average Bonchev–Trinajstić information content (AvgIpc) is 3.15. The minimum absolute atomic E-state index is 0.108. The summed E-state index contributed by atoms with van der Waals surface area (Å²) in [5.41, 5.74) is 3.26. The van der Waals surface area contributed by atoms with Crippen LogP contribution in [0.2, 0.25) is 0 Å². The zero-order valence-electron chi connectivity index (χ0n) is 20.6.